The highest BCUT2D eigenvalue weighted by Gasteiger charge is 2.17. The zero-order valence-corrected chi connectivity index (χ0v) is 15.5. The number of aromatic nitrogens is 2. The van der Waals surface area contributed by atoms with E-state index in [-0.39, 0.29) is 24.4 Å². The molecule has 2 N–H and O–H groups in total. The fourth-order valence-electron chi connectivity index (χ4n) is 2.50. The van der Waals surface area contributed by atoms with Crippen molar-refractivity contribution in [1.29, 1.82) is 0 Å². The van der Waals surface area contributed by atoms with Crippen LogP contribution in [0.1, 0.15) is 12.0 Å². The molecule has 1 aromatic carbocycles. The van der Waals surface area contributed by atoms with E-state index in [1.54, 1.807) is 10.9 Å². The van der Waals surface area contributed by atoms with Gasteiger partial charge in [-0.1, -0.05) is 28.1 Å². The highest BCUT2D eigenvalue weighted by atomic mass is 79.9. The van der Waals surface area contributed by atoms with E-state index in [1.807, 2.05) is 30.3 Å². The number of ether oxygens (including phenoxy) is 1. The van der Waals surface area contributed by atoms with Crippen molar-refractivity contribution in [3.63, 3.8) is 0 Å². The summed E-state index contributed by atoms with van der Waals surface area (Å²) in [4.78, 5) is 12.2. The topological polar surface area (TPSA) is 68.2 Å². The maximum Gasteiger partial charge on any atom is 0.227 e. The molecule has 6 nitrogen and oxygen atoms in total. The van der Waals surface area contributed by atoms with Gasteiger partial charge in [0, 0.05) is 29.5 Å². The van der Waals surface area contributed by atoms with Gasteiger partial charge in [0.05, 0.1) is 26.0 Å². The molecular weight excluding hydrogens is 396 g/mol. The van der Waals surface area contributed by atoms with Crippen LogP contribution in [0.15, 0.2) is 41.0 Å². The van der Waals surface area contributed by atoms with Crippen LogP contribution in [-0.4, -0.2) is 41.5 Å². The Morgan fingerprint density at radius 3 is 2.88 bits per heavy atom. The summed E-state index contributed by atoms with van der Waals surface area (Å²) in [5.74, 6) is 0.667. The number of carbonyl (C=O) groups excluding carboxylic acids is 1. The molecule has 1 atom stereocenters. The molecular formula is C16H20BrClN4O2. The van der Waals surface area contributed by atoms with E-state index in [0.29, 0.717) is 32.0 Å². The second kappa shape index (κ2) is 9.17. The van der Waals surface area contributed by atoms with Crippen molar-refractivity contribution in [1.82, 2.24) is 15.1 Å². The van der Waals surface area contributed by atoms with E-state index >= 15 is 0 Å². The van der Waals surface area contributed by atoms with Crippen LogP contribution in [0.4, 0.5) is 5.82 Å². The Balaban J connectivity index is 0.00000208. The smallest absolute Gasteiger partial charge is 0.227 e. The van der Waals surface area contributed by atoms with Crippen LogP contribution in [0.3, 0.4) is 0 Å². The summed E-state index contributed by atoms with van der Waals surface area (Å²) in [6, 6.07) is 9.92. The van der Waals surface area contributed by atoms with Crippen LogP contribution in [0, 0.1) is 0 Å². The van der Waals surface area contributed by atoms with Gasteiger partial charge in [-0.3, -0.25) is 4.79 Å². The summed E-state index contributed by atoms with van der Waals surface area (Å²) in [6.07, 6.45) is 2.08. The minimum atomic E-state index is -0.0365. The average molecular weight is 416 g/mol. The first kappa shape index (κ1) is 18.9. The highest BCUT2D eigenvalue weighted by molar-refractivity contribution is 9.10. The molecule has 130 valence electrons. The second-order valence-electron chi connectivity index (χ2n) is 5.48. The predicted molar refractivity (Wildman–Crippen MR) is 98.6 cm³/mol. The molecule has 1 aliphatic heterocycles. The third kappa shape index (κ3) is 5.31. The molecule has 3 rings (SSSR count). The zero-order valence-electron chi connectivity index (χ0n) is 13.1. The Morgan fingerprint density at radius 1 is 1.38 bits per heavy atom. The molecule has 0 aliphatic carbocycles. The van der Waals surface area contributed by atoms with E-state index < -0.39 is 0 Å². The first-order chi connectivity index (χ1) is 11.2. The summed E-state index contributed by atoms with van der Waals surface area (Å²) in [7, 11) is 0. The van der Waals surface area contributed by atoms with Crippen molar-refractivity contribution in [3.8, 4) is 0 Å². The SMILES string of the molecule is Cl.O=C(CC1COCCN1)Nc1ccnn1Cc1ccc(Br)cc1. The number of benzene rings is 1. The quantitative estimate of drug-likeness (QED) is 0.787. The monoisotopic (exact) mass is 414 g/mol. The molecule has 0 bridgehead atoms. The van der Waals surface area contributed by atoms with Crippen molar-refractivity contribution >= 4 is 40.1 Å². The maximum atomic E-state index is 12.2. The van der Waals surface area contributed by atoms with Gasteiger partial charge < -0.3 is 15.4 Å². The van der Waals surface area contributed by atoms with Crippen LogP contribution in [0.2, 0.25) is 0 Å². The van der Waals surface area contributed by atoms with Crippen molar-refractivity contribution in [2.75, 3.05) is 25.1 Å². The fourth-order valence-corrected chi connectivity index (χ4v) is 2.76. The van der Waals surface area contributed by atoms with E-state index in [1.165, 1.54) is 0 Å². The number of carbonyl (C=O) groups is 1. The van der Waals surface area contributed by atoms with Gasteiger partial charge in [-0.15, -0.1) is 12.4 Å². The lowest BCUT2D eigenvalue weighted by Crippen LogP contribution is -2.43. The number of rotatable bonds is 5. The maximum absolute atomic E-state index is 12.2. The number of nitrogens with one attached hydrogen (secondary N) is 2. The van der Waals surface area contributed by atoms with Crippen molar-refractivity contribution < 1.29 is 9.53 Å². The Labute approximate surface area is 155 Å². The molecule has 8 heteroatoms. The molecule has 2 aromatic rings. The largest absolute Gasteiger partial charge is 0.378 e. The molecule has 1 aromatic heterocycles. The highest BCUT2D eigenvalue weighted by Crippen LogP contribution is 2.14. The van der Waals surface area contributed by atoms with Crippen LogP contribution in [0.5, 0.6) is 0 Å². The van der Waals surface area contributed by atoms with Gasteiger partial charge in [-0.05, 0) is 17.7 Å². The lowest BCUT2D eigenvalue weighted by molar-refractivity contribution is -0.117. The molecule has 0 saturated carbocycles. The van der Waals surface area contributed by atoms with Crippen LogP contribution in [0.25, 0.3) is 0 Å². The van der Waals surface area contributed by atoms with Gasteiger partial charge in [0.15, 0.2) is 0 Å². The average Bonchev–Trinajstić information content (AvgIpc) is 2.97. The van der Waals surface area contributed by atoms with Crippen molar-refractivity contribution in [3.05, 3.63) is 46.6 Å². The number of halogens is 2. The van der Waals surface area contributed by atoms with Crippen molar-refractivity contribution in [2.24, 2.45) is 0 Å². The number of anilines is 1. The van der Waals surface area contributed by atoms with Gasteiger partial charge >= 0.3 is 0 Å². The summed E-state index contributed by atoms with van der Waals surface area (Å²) < 4.78 is 8.19. The number of hydrogen-bond acceptors (Lipinski definition) is 4. The summed E-state index contributed by atoms with van der Waals surface area (Å²) in [6.45, 7) is 2.68. The van der Waals surface area contributed by atoms with E-state index in [2.05, 4.69) is 31.7 Å². The lowest BCUT2D eigenvalue weighted by atomic mass is 10.2. The third-order valence-electron chi connectivity index (χ3n) is 3.66. The van der Waals surface area contributed by atoms with E-state index in [4.69, 9.17) is 4.74 Å². The first-order valence-corrected chi connectivity index (χ1v) is 8.37. The van der Waals surface area contributed by atoms with Gasteiger partial charge in [0.2, 0.25) is 5.91 Å². The molecule has 0 radical (unpaired) electrons. The fraction of sp³-hybridized carbons (Fsp3) is 0.375. The number of nitrogens with zero attached hydrogens (tertiary/aromatic N) is 2. The van der Waals surface area contributed by atoms with Crippen molar-refractivity contribution in [2.45, 2.75) is 19.0 Å². The zero-order chi connectivity index (χ0) is 16.1. The Morgan fingerprint density at radius 2 is 2.17 bits per heavy atom. The molecule has 24 heavy (non-hydrogen) atoms. The molecule has 1 saturated heterocycles. The van der Waals surface area contributed by atoms with Crippen LogP contribution < -0.4 is 10.6 Å². The van der Waals surface area contributed by atoms with Gasteiger partial charge in [-0.2, -0.15) is 5.10 Å². The summed E-state index contributed by atoms with van der Waals surface area (Å²) in [5.41, 5.74) is 1.12. The molecule has 1 aliphatic rings. The molecule has 1 unspecified atom stereocenters. The summed E-state index contributed by atoms with van der Waals surface area (Å²) >= 11 is 3.42. The Kier molecular flexibility index (Phi) is 7.23. The predicted octanol–water partition coefficient (Wildman–Crippen LogP) is 2.43. The molecule has 1 amide bonds. The number of morpholine rings is 1. The summed E-state index contributed by atoms with van der Waals surface area (Å²) in [5, 5.41) is 10.5. The minimum absolute atomic E-state index is 0. The molecule has 2 heterocycles. The standard InChI is InChI=1S/C16H19BrN4O2.ClH/c17-13-3-1-12(2-4-13)10-21-15(5-6-19-21)20-16(22)9-14-11-23-8-7-18-14;/h1-6,14,18H,7-11H2,(H,20,22);1H. The second-order valence-corrected chi connectivity index (χ2v) is 6.39. The van der Waals surface area contributed by atoms with Gasteiger partial charge in [-0.25, -0.2) is 4.68 Å². The minimum Gasteiger partial charge on any atom is -0.378 e. The molecule has 1 fully saturated rings. The van der Waals surface area contributed by atoms with Crippen LogP contribution >= 0.6 is 28.3 Å². The molecule has 0 spiro atoms. The lowest BCUT2D eigenvalue weighted by Gasteiger charge is -2.23. The van der Waals surface area contributed by atoms with E-state index in [9.17, 15) is 4.79 Å². The van der Waals surface area contributed by atoms with Gasteiger partial charge in [0.25, 0.3) is 0 Å². The number of amides is 1. The van der Waals surface area contributed by atoms with Crippen LogP contribution in [-0.2, 0) is 16.1 Å². The first-order valence-electron chi connectivity index (χ1n) is 7.58. The third-order valence-corrected chi connectivity index (χ3v) is 4.19. The Bertz CT molecular complexity index is 656. The Hall–Kier alpha value is -1.41. The van der Waals surface area contributed by atoms with E-state index in [0.717, 1.165) is 16.6 Å². The van der Waals surface area contributed by atoms with Gasteiger partial charge in [0.1, 0.15) is 5.82 Å². The number of hydrogen-bond donors (Lipinski definition) is 2. The normalized spacial score (nSPS) is 17.1.